The van der Waals surface area contributed by atoms with Crippen LogP contribution < -0.4 is 10.6 Å². The van der Waals surface area contributed by atoms with E-state index in [1.54, 1.807) is 0 Å². The highest BCUT2D eigenvalue weighted by Crippen LogP contribution is 2.33. The minimum atomic E-state index is -4.86. The van der Waals surface area contributed by atoms with Gasteiger partial charge in [0.05, 0.1) is 24.0 Å². The molecule has 2 N–H and O–H groups in total. The fraction of sp³-hybridized carbons (Fsp3) is 0.227. The van der Waals surface area contributed by atoms with Gasteiger partial charge in [-0.15, -0.1) is 0 Å². The van der Waals surface area contributed by atoms with E-state index < -0.39 is 35.8 Å². The Bertz CT molecular complexity index is 1150. The third-order valence-corrected chi connectivity index (χ3v) is 4.96. The van der Waals surface area contributed by atoms with Crippen LogP contribution in [0, 0.1) is 20.8 Å². The van der Waals surface area contributed by atoms with Crippen molar-refractivity contribution in [3.63, 3.8) is 0 Å². The van der Waals surface area contributed by atoms with Gasteiger partial charge in [-0.25, -0.2) is 4.68 Å². The van der Waals surface area contributed by atoms with E-state index >= 15 is 0 Å². The van der Waals surface area contributed by atoms with Crippen LogP contribution in [0.4, 0.5) is 18.9 Å². The van der Waals surface area contributed by atoms with Crippen molar-refractivity contribution in [3.8, 4) is 5.69 Å². The predicted molar refractivity (Wildman–Crippen MR) is 115 cm³/mol. The number of halogens is 4. The average Bonchev–Trinajstić information content (AvgIpc) is 3.15. The van der Waals surface area contributed by atoms with Crippen LogP contribution in [-0.2, 0) is 11.0 Å². The summed E-state index contributed by atoms with van der Waals surface area (Å²) >= 11 is 5.79. The summed E-state index contributed by atoms with van der Waals surface area (Å²) in [6, 6.07) is 9.32. The molecule has 0 saturated heterocycles. The molecule has 0 aliphatic carbocycles. The molecule has 0 atom stereocenters. The first kappa shape index (κ1) is 23.3. The van der Waals surface area contributed by atoms with Gasteiger partial charge in [0.1, 0.15) is 0 Å². The van der Waals surface area contributed by atoms with Crippen LogP contribution in [0.2, 0.25) is 5.02 Å². The van der Waals surface area contributed by atoms with E-state index in [0.29, 0.717) is 15.4 Å². The molecule has 0 bridgehead atoms. The molecule has 0 saturated carbocycles. The number of benzene rings is 2. The largest absolute Gasteiger partial charge is 0.434 e. The van der Waals surface area contributed by atoms with Gasteiger partial charge in [-0.3, -0.25) is 9.59 Å². The molecule has 0 radical (unpaired) electrons. The Morgan fingerprint density at radius 2 is 1.66 bits per heavy atom. The molecular formula is C22H20ClF3N4O2. The number of hydrogen-bond donors (Lipinski definition) is 2. The Morgan fingerprint density at radius 3 is 2.22 bits per heavy atom. The summed E-state index contributed by atoms with van der Waals surface area (Å²) in [6.45, 7) is 5.08. The minimum absolute atomic E-state index is 0.0869. The van der Waals surface area contributed by atoms with Crippen molar-refractivity contribution in [3.05, 3.63) is 75.6 Å². The summed E-state index contributed by atoms with van der Waals surface area (Å²) in [5.41, 5.74) is 1.45. The summed E-state index contributed by atoms with van der Waals surface area (Å²) in [5, 5.41) is 8.98. The summed E-state index contributed by atoms with van der Waals surface area (Å²) in [5.74, 6) is -1.63. The van der Waals surface area contributed by atoms with Gasteiger partial charge < -0.3 is 10.6 Å². The molecule has 0 unspecified atom stereocenters. The van der Waals surface area contributed by atoms with Gasteiger partial charge >= 0.3 is 6.18 Å². The predicted octanol–water partition coefficient (Wildman–Crippen LogP) is 4.84. The number of carbonyl (C=O) groups is 2. The zero-order valence-electron chi connectivity index (χ0n) is 17.5. The molecule has 6 nitrogen and oxygen atoms in total. The fourth-order valence-corrected chi connectivity index (χ4v) is 3.51. The monoisotopic (exact) mass is 464 g/mol. The maximum Gasteiger partial charge on any atom is 0.434 e. The van der Waals surface area contributed by atoms with E-state index in [1.807, 2.05) is 32.9 Å². The quantitative estimate of drug-likeness (QED) is 0.567. The number of rotatable bonds is 5. The van der Waals surface area contributed by atoms with Gasteiger partial charge in [0.25, 0.3) is 5.91 Å². The van der Waals surface area contributed by atoms with Crippen LogP contribution in [0.3, 0.4) is 0 Å². The van der Waals surface area contributed by atoms with Gasteiger partial charge in [-0.05, 0) is 56.2 Å². The number of hydrogen-bond acceptors (Lipinski definition) is 3. The first-order valence-electron chi connectivity index (χ1n) is 9.54. The molecule has 1 aromatic heterocycles. The number of nitrogens with one attached hydrogen (secondary N) is 2. The van der Waals surface area contributed by atoms with Crippen molar-refractivity contribution in [2.75, 3.05) is 11.9 Å². The normalized spacial score (nSPS) is 11.3. The SMILES string of the molecule is Cc1cc(C)c(NC(=O)CNC(=O)c2cnn(-c3ccc(Cl)cc3)c2C(F)(F)F)c(C)c1. The molecule has 3 aromatic rings. The Morgan fingerprint density at radius 1 is 1.06 bits per heavy atom. The smallest absolute Gasteiger partial charge is 0.343 e. The lowest BCUT2D eigenvalue weighted by Gasteiger charge is -2.14. The fourth-order valence-electron chi connectivity index (χ4n) is 3.38. The maximum atomic E-state index is 13.7. The summed E-state index contributed by atoms with van der Waals surface area (Å²) < 4.78 is 41.8. The van der Waals surface area contributed by atoms with Crippen molar-refractivity contribution in [2.45, 2.75) is 26.9 Å². The Labute approximate surface area is 187 Å². The highest BCUT2D eigenvalue weighted by molar-refractivity contribution is 6.30. The molecule has 10 heteroatoms. The topological polar surface area (TPSA) is 76.0 Å². The third kappa shape index (κ3) is 5.11. The van der Waals surface area contributed by atoms with Crippen LogP contribution in [0.15, 0.2) is 42.6 Å². The van der Waals surface area contributed by atoms with Crippen LogP contribution in [0.1, 0.15) is 32.7 Å². The second-order valence-corrected chi connectivity index (χ2v) is 7.73. The van der Waals surface area contributed by atoms with E-state index in [1.165, 1.54) is 24.3 Å². The Kier molecular flexibility index (Phi) is 6.59. The Hall–Kier alpha value is -3.33. The van der Waals surface area contributed by atoms with Crippen LogP contribution in [-0.4, -0.2) is 28.1 Å². The number of nitrogens with zero attached hydrogens (tertiary/aromatic N) is 2. The zero-order chi connectivity index (χ0) is 23.6. The van der Waals surface area contributed by atoms with Gasteiger partial charge in [-0.2, -0.15) is 18.3 Å². The molecule has 0 spiro atoms. The van der Waals surface area contributed by atoms with Crippen molar-refractivity contribution in [1.82, 2.24) is 15.1 Å². The van der Waals surface area contributed by atoms with Crippen molar-refractivity contribution < 1.29 is 22.8 Å². The number of amides is 2. The molecular weight excluding hydrogens is 445 g/mol. The lowest BCUT2D eigenvalue weighted by atomic mass is 10.1. The second kappa shape index (κ2) is 9.04. The highest BCUT2D eigenvalue weighted by atomic mass is 35.5. The molecule has 168 valence electrons. The summed E-state index contributed by atoms with van der Waals surface area (Å²) in [4.78, 5) is 24.8. The van der Waals surface area contributed by atoms with E-state index in [-0.39, 0.29) is 5.69 Å². The number of anilines is 1. The van der Waals surface area contributed by atoms with E-state index in [0.717, 1.165) is 22.9 Å². The molecule has 32 heavy (non-hydrogen) atoms. The van der Waals surface area contributed by atoms with Gasteiger partial charge in [0, 0.05) is 10.7 Å². The standard InChI is InChI=1S/C22H20ClF3N4O2/c1-12-8-13(2)19(14(3)9-12)29-18(31)11-27-21(32)17-10-28-30(20(17)22(24,25)26)16-6-4-15(23)5-7-16/h4-10H,11H2,1-3H3,(H,27,32)(H,29,31). The van der Waals surface area contributed by atoms with Crippen LogP contribution in [0.25, 0.3) is 5.69 Å². The lowest BCUT2D eigenvalue weighted by Crippen LogP contribution is -2.34. The molecule has 2 aromatic carbocycles. The molecule has 3 rings (SSSR count). The van der Waals surface area contributed by atoms with Crippen molar-refractivity contribution in [2.24, 2.45) is 0 Å². The van der Waals surface area contributed by atoms with E-state index in [9.17, 15) is 22.8 Å². The van der Waals surface area contributed by atoms with Crippen LogP contribution in [0.5, 0.6) is 0 Å². The van der Waals surface area contributed by atoms with Crippen molar-refractivity contribution >= 4 is 29.1 Å². The van der Waals surface area contributed by atoms with Gasteiger partial charge in [0.2, 0.25) is 5.91 Å². The van der Waals surface area contributed by atoms with Crippen LogP contribution >= 0.6 is 11.6 Å². The zero-order valence-corrected chi connectivity index (χ0v) is 18.2. The first-order chi connectivity index (χ1) is 15.0. The third-order valence-electron chi connectivity index (χ3n) is 4.70. The molecule has 0 fully saturated rings. The van der Waals surface area contributed by atoms with E-state index in [2.05, 4.69) is 15.7 Å². The summed E-state index contributed by atoms with van der Waals surface area (Å²) in [6.07, 6.45) is -4.04. The summed E-state index contributed by atoms with van der Waals surface area (Å²) in [7, 11) is 0. The number of aromatic nitrogens is 2. The second-order valence-electron chi connectivity index (χ2n) is 7.30. The number of carbonyl (C=O) groups excluding carboxylic acids is 2. The van der Waals surface area contributed by atoms with Gasteiger partial charge in [-0.1, -0.05) is 29.3 Å². The number of alkyl halides is 3. The average molecular weight is 465 g/mol. The van der Waals surface area contributed by atoms with Crippen molar-refractivity contribution in [1.29, 1.82) is 0 Å². The molecule has 0 aliphatic rings. The lowest BCUT2D eigenvalue weighted by molar-refractivity contribution is -0.143. The van der Waals surface area contributed by atoms with E-state index in [4.69, 9.17) is 11.6 Å². The first-order valence-corrected chi connectivity index (χ1v) is 9.92. The molecule has 0 aliphatic heterocycles. The maximum absolute atomic E-state index is 13.7. The minimum Gasteiger partial charge on any atom is -0.343 e. The molecule has 2 amide bonds. The highest BCUT2D eigenvalue weighted by Gasteiger charge is 2.40. The molecule has 1 heterocycles. The Balaban J connectivity index is 1.78. The van der Waals surface area contributed by atoms with Gasteiger partial charge in [0.15, 0.2) is 5.69 Å². The number of aryl methyl sites for hydroxylation is 3.